The third-order valence-electron chi connectivity index (χ3n) is 4.76. The van der Waals surface area contributed by atoms with E-state index in [0.29, 0.717) is 12.6 Å². The number of rotatable bonds is 1. The lowest BCUT2D eigenvalue weighted by molar-refractivity contribution is 0.0954. The first-order valence-electron chi connectivity index (χ1n) is 7.37. The van der Waals surface area contributed by atoms with Gasteiger partial charge >= 0.3 is 0 Å². The van der Waals surface area contributed by atoms with E-state index in [2.05, 4.69) is 11.0 Å². The van der Waals surface area contributed by atoms with Gasteiger partial charge in [0.25, 0.3) is 0 Å². The van der Waals surface area contributed by atoms with Crippen LogP contribution in [-0.4, -0.2) is 18.0 Å². The normalized spacial score (nSPS) is 28.9. The molecule has 2 aliphatic heterocycles. The summed E-state index contributed by atoms with van der Waals surface area (Å²) in [6.45, 7) is 1.50. The Kier molecular flexibility index (Phi) is 2.67. The van der Waals surface area contributed by atoms with Gasteiger partial charge in [-0.2, -0.15) is 0 Å². The second kappa shape index (κ2) is 4.42. The second-order valence-electron chi connectivity index (χ2n) is 5.88. The van der Waals surface area contributed by atoms with E-state index in [1.807, 2.05) is 48.5 Å². The van der Waals surface area contributed by atoms with Crippen molar-refractivity contribution in [2.45, 2.75) is 24.6 Å². The van der Waals surface area contributed by atoms with Crippen molar-refractivity contribution in [3.05, 3.63) is 71.3 Å². The monoisotopic (exact) mass is 267 g/mol. The first-order valence-corrected chi connectivity index (χ1v) is 7.37. The lowest BCUT2D eigenvalue weighted by atomic mass is 9.79. The molecule has 0 saturated carbocycles. The average Bonchev–Trinajstić information content (AvgIpc) is 2.97. The van der Waals surface area contributed by atoms with Gasteiger partial charge in [0.1, 0.15) is 0 Å². The molecule has 2 heteroatoms. The predicted octanol–water partition coefficient (Wildman–Crippen LogP) is 4.05. The fourth-order valence-corrected chi connectivity index (χ4v) is 3.83. The molecule has 0 N–H and O–H groups in total. The van der Waals surface area contributed by atoms with Crippen molar-refractivity contribution in [1.82, 2.24) is 4.90 Å². The third kappa shape index (κ3) is 1.64. The molecule has 0 aliphatic carbocycles. The van der Waals surface area contributed by atoms with Gasteiger partial charge in [-0.25, -0.2) is 4.39 Å². The van der Waals surface area contributed by atoms with Crippen molar-refractivity contribution >= 4 is 0 Å². The summed E-state index contributed by atoms with van der Waals surface area (Å²) in [6, 6.07) is 18.1. The number of alkyl halides is 1. The van der Waals surface area contributed by atoms with Crippen LogP contribution in [0.15, 0.2) is 54.6 Å². The Hall–Kier alpha value is -1.67. The van der Waals surface area contributed by atoms with Gasteiger partial charge in [-0.15, -0.1) is 0 Å². The molecule has 102 valence electrons. The first-order chi connectivity index (χ1) is 9.79. The molecule has 0 aromatic heterocycles. The Morgan fingerprint density at radius 1 is 1.00 bits per heavy atom. The van der Waals surface area contributed by atoms with Crippen LogP contribution < -0.4 is 0 Å². The van der Waals surface area contributed by atoms with E-state index in [1.165, 1.54) is 12.0 Å². The van der Waals surface area contributed by atoms with Crippen LogP contribution in [0.1, 0.15) is 35.6 Å². The molecule has 1 saturated heterocycles. The molecule has 2 aromatic rings. The van der Waals surface area contributed by atoms with Crippen molar-refractivity contribution in [1.29, 1.82) is 0 Å². The molecule has 0 amide bonds. The summed E-state index contributed by atoms with van der Waals surface area (Å²) in [5, 5.41) is 0. The third-order valence-corrected chi connectivity index (χ3v) is 4.76. The van der Waals surface area contributed by atoms with E-state index in [1.54, 1.807) is 0 Å². The van der Waals surface area contributed by atoms with Crippen molar-refractivity contribution in [2.75, 3.05) is 13.1 Å². The molecular weight excluding hydrogens is 249 g/mol. The van der Waals surface area contributed by atoms with Gasteiger partial charge in [-0.05, 0) is 36.1 Å². The molecule has 4 rings (SSSR count). The molecule has 2 aromatic carbocycles. The number of nitrogens with zero attached hydrogens (tertiary/aromatic N) is 1. The molecular formula is C18H18FN. The minimum atomic E-state index is -1.38. The molecule has 0 bridgehead atoms. The fraction of sp³-hybridized carbons (Fsp3) is 0.333. The maximum Gasteiger partial charge on any atom is 0.173 e. The minimum absolute atomic E-state index is 0.416. The Morgan fingerprint density at radius 2 is 1.75 bits per heavy atom. The SMILES string of the molecule is F[C@]1(c2ccccc2)CN2CCC[C@H]2c2ccccc21. The topological polar surface area (TPSA) is 3.24 Å². The van der Waals surface area contributed by atoms with Crippen LogP contribution in [0.3, 0.4) is 0 Å². The van der Waals surface area contributed by atoms with Crippen LogP contribution in [-0.2, 0) is 5.67 Å². The van der Waals surface area contributed by atoms with E-state index in [-0.39, 0.29) is 0 Å². The average molecular weight is 267 g/mol. The molecule has 0 unspecified atom stereocenters. The quantitative estimate of drug-likeness (QED) is 0.753. The van der Waals surface area contributed by atoms with Crippen molar-refractivity contribution in [3.8, 4) is 0 Å². The molecule has 0 radical (unpaired) electrons. The molecule has 1 fully saturated rings. The summed E-state index contributed by atoms with van der Waals surface area (Å²) in [6.07, 6.45) is 2.33. The highest BCUT2D eigenvalue weighted by Crippen LogP contribution is 2.48. The van der Waals surface area contributed by atoms with Crippen LogP contribution in [0.25, 0.3) is 0 Å². The van der Waals surface area contributed by atoms with Gasteiger partial charge in [0.15, 0.2) is 5.67 Å². The van der Waals surface area contributed by atoms with Crippen molar-refractivity contribution < 1.29 is 4.39 Å². The van der Waals surface area contributed by atoms with E-state index < -0.39 is 5.67 Å². The lowest BCUT2D eigenvalue weighted by Crippen LogP contribution is -2.44. The molecule has 0 spiro atoms. The van der Waals surface area contributed by atoms with Gasteiger partial charge < -0.3 is 0 Å². The molecule has 2 atom stereocenters. The standard InChI is InChI=1S/C18H18FN/c19-18(14-7-2-1-3-8-14)13-20-12-6-11-17(20)15-9-4-5-10-16(15)18/h1-5,7-10,17H,6,11-13H2/t17-,18-/m0/s1. The second-order valence-corrected chi connectivity index (χ2v) is 5.88. The molecule has 2 heterocycles. The predicted molar refractivity (Wildman–Crippen MR) is 78.3 cm³/mol. The van der Waals surface area contributed by atoms with Gasteiger partial charge in [0.2, 0.25) is 0 Å². The number of fused-ring (bicyclic) bond motifs is 3. The Balaban J connectivity index is 1.91. The maximum atomic E-state index is 15.9. The van der Waals surface area contributed by atoms with E-state index in [0.717, 1.165) is 24.1 Å². The highest BCUT2D eigenvalue weighted by atomic mass is 19.1. The van der Waals surface area contributed by atoms with Gasteiger partial charge in [-0.1, -0.05) is 54.6 Å². The van der Waals surface area contributed by atoms with E-state index >= 15 is 4.39 Å². The summed E-state index contributed by atoms with van der Waals surface area (Å²) in [7, 11) is 0. The summed E-state index contributed by atoms with van der Waals surface area (Å²) < 4.78 is 15.9. The summed E-state index contributed by atoms with van der Waals surface area (Å²) in [5.74, 6) is 0. The van der Waals surface area contributed by atoms with Crippen LogP contribution in [0.2, 0.25) is 0 Å². The highest BCUT2D eigenvalue weighted by Gasteiger charge is 2.46. The molecule has 2 aliphatic rings. The largest absolute Gasteiger partial charge is 0.292 e. The minimum Gasteiger partial charge on any atom is -0.292 e. The van der Waals surface area contributed by atoms with Gasteiger partial charge in [-0.3, -0.25) is 4.90 Å². The summed E-state index contributed by atoms with van der Waals surface area (Å²) >= 11 is 0. The highest BCUT2D eigenvalue weighted by molar-refractivity contribution is 5.45. The number of halogens is 1. The fourth-order valence-electron chi connectivity index (χ4n) is 3.83. The molecule has 1 nitrogen and oxygen atoms in total. The number of hydrogen-bond donors (Lipinski definition) is 0. The number of benzene rings is 2. The van der Waals surface area contributed by atoms with Gasteiger partial charge in [0.05, 0.1) is 0 Å². The zero-order valence-corrected chi connectivity index (χ0v) is 11.4. The Morgan fingerprint density at radius 3 is 2.60 bits per heavy atom. The first kappa shape index (κ1) is 12.1. The van der Waals surface area contributed by atoms with Crippen molar-refractivity contribution in [3.63, 3.8) is 0 Å². The summed E-state index contributed by atoms with van der Waals surface area (Å²) in [4.78, 5) is 2.31. The van der Waals surface area contributed by atoms with Gasteiger partial charge in [0, 0.05) is 12.6 Å². The van der Waals surface area contributed by atoms with E-state index in [4.69, 9.17) is 0 Å². The number of hydrogen-bond acceptors (Lipinski definition) is 1. The smallest absolute Gasteiger partial charge is 0.173 e. The Bertz CT molecular complexity index is 624. The molecule has 20 heavy (non-hydrogen) atoms. The van der Waals surface area contributed by atoms with Crippen LogP contribution in [0.5, 0.6) is 0 Å². The lowest BCUT2D eigenvalue weighted by Gasteiger charge is -2.41. The maximum absolute atomic E-state index is 15.9. The van der Waals surface area contributed by atoms with E-state index in [9.17, 15) is 0 Å². The zero-order valence-electron chi connectivity index (χ0n) is 11.4. The van der Waals surface area contributed by atoms with Crippen molar-refractivity contribution in [2.24, 2.45) is 0 Å². The Labute approximate surface area is 119 Å². The van der Waals surface area contributed by atoms with Crippen LogP contribution in [0.4, 0.5) is 4.39 Å². The van der Waals surface area contributed by atoms with Crippen LogP contribution in [0, 0.1) is 0 Å². The summed E-state index contributed by atoms with van der Waals surface area (Å²) in [5.41, 5.74) is 1.45. The zero-order chi connectivity index (χ0) is 13.6. The van der Waals surface area contributed by atoms with Crippen LogP contribution >= 0.6 is 0 Å².